The minimum absolute atomic E-state index is 0.0359. The zero-order valence-electron chi connectivity index (χ0n) is 13.0. The number of allylic oxidation sites excluding steroid dienone is 2. The molecule has 1 aromatic carbocycles. The first-order valence-electron chi connectivity index (χ1n) is 8.02. The number of carbonyl (C=O) groups is 2. The number of benzene rings is 1. The Kier molecular flexibility index (Phi) is 3.81. The van der Waals surface area contributed by atoms with Gasteiger partial charge in [0.1, 0.15) is 5.82 Å². The van der Waals surface area contributed by atoms with Crippen LogP contribution in [-0.4, -0.2) is 11.7 Å². The molecule has 1 aliphatic carbocycles. The minimum Gasteiger partial charge on any atom is -0.294 e. The molecule has 0 fully saturated rings. The summed E-state index contributed by atoms with van der Waals surface area (Å²) >= 11 is 1.57. The Labute approximate surface area is 143 Å². The Morgan fingerprint density at radius 2 is 1.88 bits per heavy atom. The molecular formula is C19H16FNO2S. The van der Waals surface area contributed by atoms with E-state index in [1.165, 1.54) is 12.1 Å². The summed E-state index contributed by atoms with van der Waals surface area (Å²) in [6.45, 7) is 0. The Morgan fingerprint density at radius 1 is 1.08 bits per heavy atom. The average Bonchev–Trinajstić information content (AvgIpc) is 3.10. The monoisotopic (exact) mass is 341 g/mol. The van der Waals surface area contributed by atoms with Crippen molar-refractivity contribution in [3.63, 3.8) is 0 Å². The number of rotatable bonds is 2. The molecule has 0 N–H and O–H groups in total. The lowest BCUT2D eigenvalue weighted by molar-refractivity contribution is -0.119. The number of halogens is 1. The lowest BCUT2D eigenvalue weighted by atomic mass is 9.78. The zero-order valence-corrected chi connectivity index (χ0v) is 13.8. The number of carbonyl (C=O) groups excluding carboxylic acids is 2. The summed E-state index contributed by atoms with van der Waals surface area (Å²) < 4.78 is 13.2. The third kappa shape index (κ3) is 2.49. The van der Waals surface area contributed by atoms with Crippen LogP contribution < -0.4 is 4.90 Å². The smallest absolute Gasteiger partial charge is 0.232 e. The SMILES string of the molecule is O=C1CCCC2=C1C(c1ccsc1)CC(=O)N2c1ccc(F)cc1. The van der Waals surface area contributed by atoms with Gasteiger partial charge in [-0.25, -0.2) is 4.39 Å². The zero-order chi connectivity index (χ0) is 16.7. The fraction of sp³-hybridized carbons (Fsp3) is 0.263. The third-order valence-electron chi connectivity index (χ3n) is 4.71. The van der Waals surface area contributed by atoms with Gasteiger partial charge in [0.25, 0.3) is 0 Å². The van der Waals surface area contributed by atoms with E-state index in [2.05, 4.69) is 0 Å². The number of anilines is 1. The Balaban J connectivity index is 1.85. The van der Waals surface area contributed by atoms with E-state index in [0.717, 1.165) is 23.3 Å². The van der Waals surface area contributed by atoms with E-state index >= 15 is 0 Å². The van der Waals surface area contributed by atoms with Crippen molar-refractivity contribution in [1.82, 2.24) is 0 Å². The number of ketones is 1. The molecule has 2 aliphatic rings. The number of Topliss-reactive ketones (excluding diaryl/α,β-unsaturated/α-hetero) is 1. The van der Waals surface area contributed by atoms with Gasteiger partial charge in [-0.1, -0.05) is 0 Å². The van der Waals surface area contributed by atoms with Crippen molar-refractivity contribution < 1.29 is 14.0 Å². The summed E-state index contributed by atoms with van der Waals surface area (Å²) in [6.07, 6.45) is 2.26. The molecule has 1 aromatic heterocycles. The molecule has 2 aromatic rings. The predicted octanol–water partition coefficient (Wildman–Crippen LogP) is 4.41. The Bertz CT molecular complexity index is 824. The highest BCUT2D eigenvalue weighted by atomic mass is 32.1. The summed E-state index contributed by atoms with van der Waals surface area (Å²) in [5.41, 5.74) is 3.23. The normalized spacial score (nSPS) is 21.2. The van der Waals surface area contributed by atoms with Crippen molar-refractivity contribution >= 4 is 28.7 Å². The molecule has 5 heteroatoms. The molecule has 1 amide bonds. The molecular weight excluding hydrogens is 325 g/mol. The molecule has 122 valence electrons. The second-order valence-electron chi connectivity index (χ2n) is 6.16. The molecule has 2 heterocycles. The first-order valence-corrected chi connectivity index (χ1v) is 8.96. The Hall–Kier alpha value is -2.27. The average molecular weight is 341 g/mol. The van der Waals surface area contributed by atoms with Gasteiger partial charge in [0.2, 0.25) is 5.91 Å². The maximum Gasteiger partial charge on any atom is 0.232 e. The van der Waals surface area contributed by atoms with Crippen molar-refractivity contribution in [2.24, 2.45) is 0 Å². The predicted molar refractivity (Wildman–Crippen MR) is 91.4 cm³/mol. The largest absolute Gasteiger partial charge is 0.294 e. The topological polar surface area (TPSA) is 37.4 Å². The van der Waals surface area contributed by atoms with Crippen LogP contribution in [-0.2, 0) is 9.59 Å². The van der Waals surface area contributed by atoms with Crippen molar-refractivity contribution in [1.29, 1.82) is 0 Å². The maximum absolute atomic E-state index is 13.2. The number of amides is 1. The van der Waals surface area contributed by atoms with Crippen molar-refractivity contribution in [2.45, 2.75) is 31.6 Å². The molecule has 1 unspecified atom stereocenters. The van der Waals surface area contributed by atoms with E-state index in [9.17, 15) is 14.0 Å². The lowest BCUT2D eigenvalue weighted by Crippen LogP contribution is -2.40. The maximum atomic E-state index is 13.2. The summed E-state index contributed by atoms with van der Waals surface area (Å²) in [5.74, 6) is -0.394. The number of nitrogens with zero attached hydrogens (tertiary/aromatic N) is 1. The van der Waals surface area contributed by atoms with E-state index in [4.69, 9.17) is 0 Å². The van der Waals surface area contributed by atoms with Gasteiger partial charge in [-0.3, -0.25) is 14.5 Å². The van der Waals surface area contributed by atoms with Crippen molar-refractivity contribution in [3.05, 3.63) is 63.7 Å². The van der Waals surface area contributed by atoms with Gasteiger partial charge in [0, 0.05) is 35.7 Å². The molecule has 0 bridgehead atoms. The molecule has 1 aliphatic heterocycles. The van der Waals surface area contributed by atoms with E-state index in [1.807, 2.05) is 16.8 Å². The first-order chi connectivity index (χ1) is 11.6. The van der Waals surface area contributed by atoms with Crippen LogP contribution in [0.1, 0.15) is 37.2 Å². The van der Waals surface area contributed by atoms with Crippen molar-refractivity contribution in [2.75, 3.05) is 4.90 Å². The fourth-order valence-electron chi connectivity index (χ4n) is 3.64. The molecule has 24 heavy (non-hydrogen) atoms. The van der Waals surface area contributed by atoms with Crippen LogP contribution in [0.15, 0.2) is 52.4 Å². The number of thiophene rings is 1. The van der Waals surface area contributed by atoms with Gasteiger partial charge < -0.3 is 0 Å². The van der Waals surface area contributed by atoms with Crippen LogP contribution in [0, 0.1) is 5.82 Å². The highest BCUT2D eigenvalue weighted by Gasteiger charge is 2.39. The fourth-order valence-corrected chi connectivity index (χ4v) is 4.35. The minimum atomic E-state index is -0.340. The molecule has 4 rings (SSSR count). The summed E-state index contributed by atoms with van der Waals surface area (Å²) in [5, 5.41) is 3.98. The van der Waals surface area contributed by atoms with Gasteiger partial charge in [0.15, 0.2) is 5.78 Å². The third-order valence-corrected chi connectivity index (χ3v) is 5.41. The lowest BCUT2D eigenvalue weighted by Gasteiger charge is -2.38. The van der Waals surface area contributed by atoms with Gasteiger partial charge >= 0.3 is 0 Å². The molecule has 0 radical (unpaired) electrons. The molecule has 0 saturated carbocycles. The second kappa shape index (κ2) is 5.98. The van der Waals surface area contributed by atoms with E-state index < -0.39 is 0 Å². The van der Waals surface area contributed by atoms with Gasteiger partial charge in [-0.15, -0.1) is 0 Å². The van der Waals surface area contributed by atoms with Gasteiger partial charge in [-0.2, -0.15) is 11.3 Å². The van der Waals surface area contributed by atoms with Crippen LogP contribution in [0.4, 0.5) is 10.1 Å². The quantitative estimate of drug-likeness (QED) is 0.811. The number of hydrogen-bond donors (Lipinski definition) is 0. The van der Waals surface area contributed by atoms with E-state index in [-0.39, 0.29) is 29.8 Å². The van der Waals surface area contributed by atoms with Crippen LogP contribution in [0.2, 0.25) is 0 Å². The Morgan fingerprint density at radius 3 is 2.58 bits per heavy atom. The highest BCUT2D eigenvalue weighted by molar-refractivity contribution is 7.08. The second-order valence-corrected chi connectivity index (χ2v) is 6.94. The van der Waals surface area contributed by atoms with Gasteiger partial charge in [-0.05, 0) is 59.5 Å². The van der Waals surface area contributed by atoms with Gasteiger partial charge in [0.05, 0.1) is 0 Å². The summed E-state index contributed by atoms with van der Waals surface area (Å²) in [4.78, 5) is 27.1. The van der Waals surface area contributed by atoms with Crippen LogP contribution in [0.25, 0.3) is 0 Å². The summed E-state index contributed by atoms with van der Waals surface area (Å²) in [7, 11) is 0. The molecule has 0 saturated heterocycles. The first kappa shape index (κ1) is 15.3. The standard InChI is InChI=1S/C19H16FNO2S/c20-13-4-6-14(7-5-13)21-16-2-1-3-17(22)19(16)15(10-18(21)23)12-8-9-24-11-12/h4-9,11,15H,1-3,10H2. The van der Waals surface area contributed by atoms with Crippen molar-refractivity contribution in [3.8, 4) is 0 Å². The van der Waals surface area contributed by atoms with Crippen LogP contribution in [0.3, 0.4) is 0 Å². The molecule has 0 spiro atoms. The van der Waals surface area contributed by atoms with Crippen LogP contribution >= 0.6 is 11.3 Å². The highest BCUT2D eigenvalue weighted by Crippen LogP contribution is 2.43. The van der Waals surface area contributed by atoms with E-state index in [0.29, 0.717) is 18.5 Å². The number of hydrogen-bond acceptors (Lipinski definition) is 3. The summed E-state index contributed by atoms with van der Waals surface area (Å²) in [6, 6.07) is 7.88. The molecule has 1 atom stereocenters. The van der Waals surface area contributed by atoms with E-state index in [1.54, 1.807) is 28.4 Å². The van der Waals surface area contributed by atoms with Crippen LogP contribution in [0.5, 0.6) is 0 Å². The molecule has 3 nitrogen and oxygen atoms in total.